The number of aromatic nitrogens is 2. The number of carbonyl (C=O) groups is 6. The van der Waals surface area contributed by atoms with Gasteiger partial charge in [0.25, 0.3) is 0 Å². The Labute approximate surface area is 329 Å². The standard InChI is InChI=1S/C41H52N8O8/c1-23(2)17-32(40(55)49-16-8-14-35(49)41(56)57)46-36(51)31(19-25-21-44-30-12-6-4-10-27(25)30)45-37(52)33(22-50)47-38(53)34-13-7-15-48(34)39(54)28(42)18-24-20-43-29-11-5-3-9-26(24)29/h3-6,9-12,20-21,23,28,31-35,43-44,50H,7-8,13-19,22,42H2,1-2H3,(H,45,52)(H,46,51)(H,47,53)(H,56,57)/t28-,31-,32-,33-,34-,35-/m0/s1. The van der Waals surface area contributed by atoms with E-state index >= 15 is 0 Å². The normalized spacial score (nSPS) is 19.0. The van der Waals surface area contributed by atoms with Crippen molar-refractivity contribution in [3.8, 4) is 0 Å². The van der Waals surface area contributed by atoms with Crippen LogP contribution in [0.15, 0.2) is 60.9 Å². The summed E-state index contributed by atoms with van der Waals surface area (Å²) in [5, 5.41) is 29.9. The van der Waals surface area contributed by atoms with Crippen molar-refractivity contribution in [1.29, 1.82) is 0 Å². The molecule has 4 heterocycles. The van der Waals surface area contributed by atoms with Crippen molar-refractivity contribution in [3.63, 3.8) is 0 Å². The minimum absolute atomic E-state index is 0.0169. The van der Waals surface area contributed by atoms with Gasteiger partial charge in [-0.15, -0.1) is 0 Å². The molecule has 2 fully saturated rings. The lowest BCUT2D eigenvalue weighted by Gasteiger charge is -2.30. The van der Waals surface area contributed by atoms with E-state index in [1.165, 1.54) is 9.80 Å². The molecule has 57 heavy (non-hydrogen) atoms. The quantitative estimate of drug-likeness (QED) is 0.0816. The molecule has 0 aliphatic carbocycles. The molecule has 16 nitrogen and oxygen atoms in total. The number of aliphatic carboxylic acids is 1. The van der Waals surface area contributed by atoms with Gasteiger partial charge in [-0.2, -0.15) is 0 Å². The highest BCUT2D eigenvalue weighted by Gasteiger charge is 2.40. The first-order chi connectivity index (χ1) is 27.4. The minimum Gasteiger partial charge on any atom is -0.480 e. The predicted octanol–water partition coefficient (Wildman–Crippen LogP) is 1.32. The molecule has 16 heteroatoms. The second-order valence-corrected chi connectivity index (χ2v) is 15.4. The molecule has 0 saturated carbocycles. The molecule has 2 saturated heterocycles. The first-order valence-corrected chi connectivity index (χ1v) is 19.6. The van der Waals surface area contributed by atoms with Crippen LogP contribution in [-0.2, 0) is 41.6 Å². The Balaban J connectivity index is 1.16. The molecule has 2 aliphatic heterocycles. The van der Waals surface area contributed by atoms with Gasteiger partial charge in [0.2, 0.25) is 29.5 Å². The Hall–Kier alpha value is -5.74. The van der Waals surface area contributed by atoms with E-state index in [4.69, 9.17) is 5.73 Å². The summed E-state index contributed by atoms with van der Waals surface area (Å²) in [4.78, 5) is 90.0. The summed E-state index contributed by atoms with van der Waals surface area (Å²) < 4.78 is 0. The van der Waals surface area contributed by atoms with Gasteiger partial charge in [0, 0.05) is 53.7 Å². The van der Waals surface area contributed by atoms with Gasteiger partial charge in [0.15, 0.2) is 0 Å². The van der Waals surface area contributed by atoms with Crippen LogP contribution in [0, 0.1) is 5.92 Å². The number of carboxylic acids is 1. The number of aliphatic hydroxyl groups excluding tert-OH is 1. The molecule has 2 aromatic carbocycles. The van der Waals surface area contributed by atoms with Crippen LogP contribution < -0.4 is 21.7 Å². The van der Waals surface area contributed by atoms with Gasteiger partial charge < -0.3 is 51.7 Å². The highest BCUT2D eigenvalue weighted by atomic mass is 16.4. The molecular formula is C41H52N8O8. The zero-order valence-corrected chi connectivity index (χ0v) is 32.2. The van der Waals surface area contributed by atoms with E-state index in [1.54, 1.807) is 6.20 Å². The zero-order chi connectivity index (χ0) is 40.8. The summed E-state index contributed by atoms with van der Waals surface area (Å²) in [5.41, 5.74) is 9.68. The third-order valence-corrected chi connectivity index (χ3v) is 11.0. The summed E-state index contributed by atoms with van der Waals surface area (Å²) in [5.74, 6) is -4.29. The Bertz CT molecular complexity index is 2110. The second-order valence-electron chi connectivity index (χ2n) is 15.4. The van der Waals surface area contributed by atoms with Crippen LogP contribution in [0.25, 0.3) is 21.8 Å². The van der Waals surface area contributed by atoms with Crippen molar-refractivity contribution in [3.05, 3.63) is 72.1 Å². The molecule has 9 N–H and O–H groups in total. The van der Waals surface area contributed by atoms with Gasteiger partial charge in [-0.3, -0.25) is 24.0 Å². The molecule has 0 unspecified atom stereocenters. The fourth-order valence-electron chi connectivity index (χ4n) is 8.06. The molecule has 0 bridgehead atoms. The number of amides is 5. The topological polar surface area (TPSA) is 243 Å². The zero-order valence-electron chi connectivity index (χ0n) is 32.2. The van der Waals surface area contributed by atoms with Gasteiger partial charge in [-0.1, -0.05) is 50.2 Å². The maximum Gasteiger partial charge on any atom is 0.326 e. The number of rotatable bonds is 16. The smallest absolute Gasteiger partial charge is 0.326 e. The maximum absolute atomic E-state index is 14.1. The first-order valence-electron chi connectivity index (χ1n) is 19.6. The molecular weight excluding hydrogens is 732 g/mol. The number of carboxylic acid groups (broad SMARTS) is 1. The molecule has 304 valence electrons. The number of para-hydroxylation sites is 2. The van der Waals surface area contributed by atoms with E-state index in [1.807, 2.05) is 68.6 Å². The fourth-order valence-corrected chi connectivity index (χ4v) is 8.06. The van der Waals surface area contributed by atoms with Gasteiger partial charge in [-0.05, 0) is 67.7 Å². The van der Waals surface area contributed by atoms with E-state index in [2.05, 4.69) is 25.9 Å². The number of fused-ring (bicyclic) bond motifs is 2. The van der Waals surface area contributed by atoms with Crippen molar-refractivity contribution in [2.24, 2.45) is 11.7 Å². The van der Waals surface area contributed by atoms with E-state index < -0.39 is 78.4 Å². The number of aliphatic hydroxyl groups is 1. The summed E-state index contributed by atoms with van der Waals surface area (Å²) in [6.07, 6.45) is 5.67. The summed E-state index contributed by atoms with van der Waals surface area (Å²) in [6.45, 7) is 3.48. The largest absolute Gasteiger partial charge is 0.480 e. The number of benzene rings is 2. The van der Waals surface area contributed by atoms with Crippen LogP contribution in [0.1, 0.15) is 57.1 Å². The number of hydrogen-bond acceptors (Lipinski definition) is 8. The number of H-pyrrole nitrogens is 2. The Morgan fingerprint density at radius 1 is 0.737 bits per heavy atom. The fraction of sp³-hybridized carbons (Fsp3) is 0.463. The van der Waals surface area contributed by atoms with E-state index in [0.717, 1.165) is 27.4 Å². The lowest BCUT2D eigenvalue weighted by molar-refractivity contribution is -0.149. The number of nitrogens with one attached hydrogen (secondary N) is 5. The van der Waals surface area contributed by atoms with Crippen LogP contribution in [0.3, 0.4) is 0 Å². The average molecular weight is 785 g/mol. The molecule has 0 radical (unpaired) electrons. The maximum atomic E-state index is 14.1. The van der Waals surface area contributed by atoms with E-state index in [-0.39, 0.29) is 31.7 Å². The van der Waals surface area contributed by atoms with Gasteiger partial charge in [0.1, 0.15) is 30.2 Å². The Kier molecular flexibility index (Phi) is 12.9. The van der Waals surface area contributed by atoms with E-state index in [0.29, 0.717) is 37.8 Å². The van der Waals surface area contributed by atoms with Crippen LogP contribution in [0.4, 0.5) is 0 Å². The second kappa shape index (κ2) is 18.0. The van der Waals surface area contributed by atoms with Gasteiger partial charge in [-0.25, -0.2) is 4.79 Å². The predicted molar refractivity (Wildman–Crippen MR) is 211 cm³/mol. The number of nitrogens with two attached hydrogens (primary N) is 1. The lowest BCUT2D eigenvalue weighted by Crippen LogP contribution is -2.60. The van der Waals surface area contributed by atoms with E-state index in [9.17, 15) is 39.0 Å². The third-order valence-electron chi connectivity index (χ3n) is 11.0. The highest BCUT2D eigenvalue weighted by Crippen LogP contribution is 2.24. The number of likely N-dealkylation sites (tertiary alicyclic amines) is 2. The van der Waals surface area contributed by atoms with Crippen molar-refractivity contribution in [1.82, 2.24) is 35.7 Å². The molecule has 2 aromatic heterocycles. The lowest BCUT2D eigenvalue weighted by atomic mass is 10.00. The minimum atomic E-state index is -1.48. The summed E-state index contributed by atoms with van der Waals surface area (Å²) in [6, 6.07) is 8.40. The molecule has 6 atom stereocenters. The van der Waals surface area contributed by atoms with Crippen molar-refractivity contribution >= 4 is 57.3 Å². The van der Waals surface area contributed by atoms with Crippen molar-refractivity contribution in [2.75, 3.05) is 19.7 Å². The highest BCUT2D eigenvalue weighted by molar-refractivity contribution is 5.97. The SMILES string of the molecule is CC(C)C[C@H](NC(=O)[C@H](Cc1c[nH]c2ccccc12)NC(=O)[C@H](CO)NC(=O)[C@@H]1CCCN1C(=O)[C@@H](N)Cc1c[nH]c2ccccc12)C(=O)N1CCC[C@H]1C(=O)O. The summed E-state index contributed by atoms with van der Waals surface area (Å²) in [7, 11) is 0. The van der Waals surface area contributed by atoms with Gasteiger partial charge >= 0.3 is 5.97 Å². The molecule has 0 spiro atoms. The number of nitrogens with zero attached hydrogens (tertiary/aromatic N) is 2. The third kappa shape index (κ3) is 9.29. The monoisotopic (exact) mass is 784 g/mol. The van der Waals surface area contributed by atoms with Crippen LogP contribution in [-0.4, -0.2) is 121 Å². The molecule has 6 rings (SSSR count). The summed E-state index contributed by atoms with van der Waals surface area (Å²) >= 11 is 0. The Morgan fingerprint density at radius 2 is 1.26 bits per heavy atom. The van der Waals surface area contributed by atoms with Gasteiger partial charge in [0.05, 0.1) is 12.6 Å². The first kappa shape index (κ1) is 40.9. The number of carbonyl (C=O) groups excluding carboxylic acids is 5. The average Bonchev–Trinajstić information content (AvgIpc) is 4.02. The van der Waals surface area contributed by atoms with Crippen molar-refractivity contribution < 1.29 is 39.0 Å². The number of aromatic amines is 2. The molecule has 4 aromatic rings. The molecule has 5 amide bonds. The molecule has 2 aliphatic rings. The van der Waals surface area contributed by atoms with Crippen LogP contribution in [0.5, 0.6) is 0 Å². The van der Waals surface area contributed by atoms with Crippen molar-refractivity contribution in [2.45, 2.75) is 95.0 Å². The van der Waals surface area contributed by atoms with Crippen LogP contribution in [0.2, 0.25) is 0 Å². The van der Waals surface area contributed by atoms with Crippen LogP contribution >= 0.6 is 0 Å². The Morgan fingerprint density at radius 3 is 1.84 bits per heavy atom. The number of hydrogen-bond donors (Lipinski definition) is 8.